The number of nitrogens with zero attached hydrogens (tertiary/aromatic N) is 1. The van der Waals surface area contributed by atoms with Crippen LogP contribution < -0.4 is 11.5 Å². The molecule has 9 nitrogen and oxygen atoms in total. The molecule has 1 amide bonds. The summed E-state index contributed by atoms with van der Waals surface area (Å²) in [7, 11) is 1.43. The molecule has 1 saturated heterocycles. The Morgan fingerprint density at radius 1 is 1.15 bits per heavy atom. The Hall–Kier alpha value is -3.66. The zero-order chi connectivity index (χ0) is 29.4. The standard InChI is InChI=1S/C21H26N2O3.C8H9NO2.C3H7N/c1-26-21(25)19-15-10-17-20-14(13-4-2-3-5-16(13)22-20)8-9-23(17)11-12(15)6-7-18(19)24;9-8(10)11-6-7-4-2-1-3-5-7;1-2-3-4/h2-5,12,15,17-19,22,24H,6-11H2,1H3;1-5H,6H2,(H2,9,10);2H,1,3-4H2/t12-,15-,17-,18-,19+;;/m0../s1. The van der Waals surface area contributed by atoms with Crippen molar-refractivity contribution in [2.45, 2.75) is 44.4 Å². The van der Waals surface area contributed by atoms with Crippen LogP contribution in [0.2, 0.25) is 0 Å². The van der Waals surface area contributed by atoms with E-state index in [-0.39, 0.29) is 24.4 Å². The summed E-state index contributed by atoms with van der Waals surface area (Å²) < 4.78 is 9.61. The number of aromatic nitrogens is 1. The van der Waals surface area contributed by atoms with Crippen molar-refractivity contribution in [3.63, 3.8) is 0 Å². The number of benzene rings is 2. The lowest BCUT2D eigenvalue weighted by Gasteiger charge is -2.50. The molecule has 2 aliphatic heterocycles. The highest BCUT2D eigenvalue weighted by Crippen LogP contribution is 2.49. The Balaban J connectivity index is 0.000000215. The number of carbonyl (C=O) groups excluding carboxylic acids is 2. The van der Waals surface area contributed by atoms with Gasteiger partial charge in [-0.25, -0.2) is 4.79 Å². The van der Waals surface area contributed by atoms with E-state index in [2.05, 4.69) is 45.5 Å². The van der Waals surface area contributed by atoms with Gasteiger partial charge >= 0.3 is 12.1 Å². The predicted octanol–water partition coefficient (Wildman–Crippen LogP) is 4.06. The number of nitrogens with two attached hydrogens (primary N) is 2. The number of H-pyrrole nitrogens is 1. The maximum absolute atomic E-state index is 12.4. The van der Waals surface area contributed by atoms with Crippen LogP contribution in [0.5, 0.6) is 0 Å². The van der Waals surface area contributed by atoms with Crippen molar-refractivity contribution >= 4 is 23.0 Å². The minimum Gasteiger partial charge on any atom is -0.469 e. The highest BCUT2D eigenvalue weighted by Gasteiger charge is 2.49. The van der Waals surface area contributed by atoms with Crippen LogP contribution in [0, 0.1) is 17.8 Å². The Morgan fingerprint density at radius 2 is 1.85 bits per heavy atom. The van der Waals surface area contributed by atoms with Gasteiger partial charge in [0.25, 0.3) is 0 Å². The number of aliphatic hydroxyl groups is 1. The van der Waals surface area contributed by atoms with Gasteiger partial charge in [0.15, 0.2) is 0 Å². The number of esters is 1. The van der Waals surface area contributed by atoms with Gasteiger partial charge in [-0.3, -0.25) is 9.69 Å². The first-order chi connectivity index (χ1) is 19.9. The summed E-state index contributed by atoms with van der Waals surface area (Å²) in [6, 6.07) is 18.2. The first kappa shape index (κ1) is 30.3. The maximum Gasteiger partial charge on any atom is 0.404 e. The Bertz CT molecular complexity index is 1310. The van der Waals surface area contributed by atoms with Crippen LogP contribution in [0.3, 0.4) is 0 Å². The van der Waals surface area contributed by atoms with Crippen molar-refractivity contribution in [3.05, 3.63) is 84.1 Å². The fraction of sp³-hybridized carbons (Fsp3) is 0.438. The van der Waals surface area contributed by atoms with E-state index in [0.29, 0.717) is 24.9 Å². The summed E-state index contributed by atoms with van der Waals surface area (Å²) in [6.07, 6.45) is 4.05. The first-order valence-electron chi connectivity index (χ1n) is 14.2. The van der Waals surface area contributed by atoms with Crippen molar-refractivity contribution in [1.82, 2.24) is 9.88 Å². The second-order valence-corrected chi connectivity index (χ2v) is 10.8. The van der Waals surface area contributed by atoms with E-state index in [1.54, 1.807) is 6.08 Å². The van der Waals surface area contributed by atoms with Crippen LogP contribution in [0.4, 0.5) is 4.79 Å². The Labute approximate surface area is 241 Å². The molecule has 3 aliphatic rings. The molecule has 2 fully saturated rings. The average molecular weight is 563 g/mol. The van der Waals surface area contributed by atoms with Crippen molar-refractivity contribution in [2.24, 2.45) is 29.2 Å². The second-order valence-electron chi connectivity index (χ2n) is 10.8. The number of aliphatic hydroxyl groups excluding tert-OH is 1. The molecule has 2 aromatic carbocycles. The fourth-order valence-electron chi connectivity index (χ4n) is 6.53. The molecule has 1 saturated carbocycles. The van der Waals surface area contributed by atoms with Gasteiger partial charge in [0, 0.05) is 36.2 Å². The maximum atomic E-state index is 12.4. The number of carbonyl (C=O) groups is 2. The number of hydrogen-bond donors (Lipinski definition) is 4. The summed E-state index contributed by atoms with van der Waals surface area (Å²) in [5, 5.41) is 11.8. The van der Waals surface area contributed by atoms with Gasteiger partial charge in [0.1, 0.15) is 6.61 Å². The van der Waals surface area contributed by atoms with Crippen LogP contribution in [-0.4, -0.2) is 59.9 Å². The zero-order valence-electron chi connectivity index (χ0n) is 23.7. The molecule has 6 N–H and O–H groups in total. The normalized spacial score (nSPS) is 24.6. The number of fused-ring (bicyclic) bond motifs is 6. The van der Waals surface area contributed by atoms with Crippen LogP contribution in [0.1, 0.15) is 42.1 Å². The van der Waals surface area contributed by atoms with Crippen LogP contribution in [0.15, 0.2) is 67.3 Å². The molecule has 3 aromatic rings. The molecular formula is C32H42N4O5. The smallest absolute Gasteiger partial charge is 0.404 e. The number of aromatic amines is 1. The third-order valence-corrected chi connectivity index (χ3v) is 8.41. The number of piperidine rings is 1. The summed E-state index contributed by atoms with van der Waals surface area (Å²) >= 11 is 0. The topological polar surface area (TPSA) is 144 Å². The molecule has 0 bridgehead atoms. The minimum atomic E-state index is -0.742. The number of para-hydroxylation sites is 1. The summed E-state index contributed by atoms with van der Waals surface area (Å²) in [5.74, 6) is 0.0541. The molecule has 0 radical (unpaired) electrons. The number of nitrogens with one attached hydrogen (secondary N) is 1. The van der Waals surface area contributed by atoms with Crippen LogP contribution in [0.25, 0.3) is 10.9 Å². The monoisotopic (exact) mass is 562 g/mol. The van der Waals surface area contributed by atoms with Crippen LogP contribution >= 0.6 is 0 Å². The SMILES string of the molecule is C=CCN.COC(=O)[C@@H]1[C@H]2C[C@H]3c4[nH]c5ccccc5c4CCN3C[C@@H]2CC[C@@H]1O.NC(=O)OCc1ccccc1. The number of methoxy groups -OCH3 is 1. The van der Waals surface area contributed by atoms with Gasteiger partial charge in [0.05, 0.1) is 25.2 Å². The fourth-order valence-corrected chi connectivity index (χ4v) is 6.53. The van der Waals surface area contributed by atoms with Gasteiger partial charge in [-0.15, -0.1) is 6.58 Å². The predicted molar refractivity (Wildman–Crippen MR) is 159 cm³/mol. The molecule has 1 aromatic heterocycles. The molecule has 9 heteroatoms. The lowest BCUT2D eigenvalue weighted by molar-refractivity contribution is -0.160. The molecule has 3 heterocycles. The number of rotatable bonds is 4. The van der Waals surface area contributed by atoms with Crippen molar-refractivity contribution in [2.75, 3.05) is 26.7 Å². The Morgan fingerprint density at radius 3 is 2.54 bits per heavy atom. The number of hydrogen-bond acceptors (Lipinski definition) is 7. The van der Waals surface area contributed by atoms with Crippen LogP contribution in [-0.2, 0) is 27.3 Å². The molecule has 5 atom stereocenters. The second kappa shape index (κ2) is 14.3. The lowest BCUT2D eigenvalue weighted by atomic mass is 9.65. The molecule has 220 valence electrons. The van der Waals surface area contributed by atoms with Gasteiger partial charge in [-0.05, 0) is 54.7 Å². The first-order valence-corrected chi connectivity index (χ1v) is 14.2. The molecule has 41 heavy (non-hydrogen) atoms. The summed E-state index contributed by atoms with van der Waals surface area (Å²) in [6.45, 7) is 6.28. The highest BCUT2D eigenvalue weighted by atomic mass is 16.5. The molecule has 0 spiro atoms. The van der Waals surface area contributed by atoms with Gasteiger partial charge < -0.3 is 31.0 Å². The van der Waals surface area contributed by atoms with E-state index in [4.69, 9.17) is 16.2 Å². The lowest BCUT2D eigenvalue weighted by Crippen LogP contribution is -2.53. The van der Waals surface area contributed by atoms with E-state index >= 15 is 0 Å². The average Bonchev–Trinajstić information content (AvgIpc) is 3.39. The zero-order valence-corrected chi connectivity index (χ0v) is 23.7. The molecule has 1 aliphatic carbocycles. The minimum absolute atomic E-state index is 0.199. The third kappa shape index (κ3) is 7.16. The summed E-state index contributed by atoms with van der Waals surface area (Å²) in [4.78, 5) is 28.8. The number of amides is 1. The van der Waals surface area contributed by atoms with Gasteiger partial charge in [-0.2, -0.15) is 0 Å². The van der Waals surface area contributed by atoms with E-state index < -0.39 is 12.2 Å². The molecular weight excluding hydrogens is 520 g/mol. The van der Waals surface area contributed by atoms with Crippen molar-refractivity contribution in [3.8, 4) is 0 Å². The van der Waals surface area contributed by atoms with Gasteiger partial charge in [-0.1, -0.05) is 54.6 Å². The van der Waals surface area contributed by atoms with E-state index in [1.165, 1.54) is 29.3 Å². The highest BCUT2D eigenvalue weighted by molar-refractivity contribution is 5.85. The third-order valence-electron chi connectivity index (χ3n) is 8.41. The van der Waals surface area contributed by atoms with Crippen molar-refractivity contribution < 1.29 is 24.2 Å². The van der Waals surface area contributed by atoms with Gasteiger partial charge in [0.2, 0.25) is 0 Å². The van der Waals surface area contributed by atoms with E-state index in [0.717, 1.165) is 37.9 Å². The Kier molecular flexibility index (Phi) is 10.6. The largest absolute Gasteiger partial charge is 0.469 e. The quantitative estimate of drug-likeness (QED) is 0.277. The molecule has 6 rings (SSSR count). The van der Waals surface area contributed by atoms with E-state index in [9.17, 15) is 14.7 Å². The molecule has 0 unspecified atom stereocenters. The number of ether oxygens (including phenoxy) is 2. The van der Waals surface area contributed by atoms with E-state index in [1.807, 2.05) is 30.3 Å². The summed E-state index contributed by atoms with van der Waals surface area (Å²) in [5.41, 5.74) is 14.6. The number of primary amides is 1. The van der Waals surface area contributed by atoms with Crippen molar-refractivity contribution in [1.29, 1.82) is 0 Å².